The van der Waals surface area contributed by atoms with E-state index in [0.717, 1.165) is 6.54 Å². The largest absolute Gasteiger partial charge is 0.491 e. The van der Waals surface area contributed by atoms with Gasteiger partial charge in [-0.05, 0) is 25.2 Å². The molecule has 0 spiro atoms. The van der Waals surface area contributed by atoms with Crippen molar-refractivity contribution in [3.63, 3.8) is 0 Å². The van der Waals surface area contributed by atoms with Crippen LogP contribution in [0.25, 0.3) is 0 Å². The van der Waals surface area contributed by atoms with Crippen LogP contribution in [0.3, 0.4) is 0 Å². The zero-order chi connectivity index (χ0) is 14.1. The highest BCUT2D eigenvalue weighted by Gasteiger charge is 2.11. The number of nitrogens with one attached hydrogen (secondary N) is 1. The number of halogens is 1. The SMILES string of the molecule is CNCCN(C)C(=O)c1cccc(OCCOC)c1.Cl. The monoisotopic (exact) mass is 302 g/mol. The van der Waals surface area contributed by atoms with Crippen molar-refractivity contribution in [3.8, 4) is 5.75 Å². The molecule has 1 amide bonds. The van der Waals surface area contributed by atoms with Gasteiger partial charge >= 0.3 is 0 Å². The summed E-state index contributed by atoms with van der Waals surface area (Å²) in [7, 11) is 5.28. The first kappa shape index (κ1) is 18.7. The summed E-state index contributed by atoms with van der Waals surface area (Å²) in [6, 6.07) is 7.20. The molecular formula is C14H23ClN2O3. The van der Waals surface area contributed by atoms with Crippen molar-refractivity contribution in [3.05, 3.63) is 29.8 Å². The van der Waals surface area contributed by atoms with Crippen molar-refractivity contribution < 1.29 is 14.3 Å². The number of amides is 1. The third kappa shape index (κ3) is 6.23. The molecule has 1 aromatic carbocycles. The van der Waals surface area contributed by atoms with Gasteiger partial charge in [0, 0.05) is 32.8 Å². The van der Waals surface area contributed by atoms with Crippen molar-refractivity contribution in [2.24, 2.45) is 0 Å². The summed E-state index contributed by atoms with van der Waals surface area (Å²) in [6.45, 7) is 2.44. The molecule has 0 saturated heterocycles. The maximum atomic E-state index is 12.2. The van der Waals surface area contributed by atoms with Crippen LogP contribution >= 0.6 is 12.4 Å². The van der Waals surface area contributed by atoms with Gasteiger partial charge in [-0.2, -0.15) is 0 Å². The van der Waals surface area contributed by atoms with Crippen molar-refractivity contribution in [2.75, 3.05) is 47.5 Å². The number of likely N-dealkylation sites (N-methyl/N-ethyl adjacent to an activating group) is 2. The van der Waals surface area contributed by atoms with Crippen LogP contribution in [-0.2, 0) is 4.74 Å². The minimum Gasteiger partial charge on any atom is -0.491 e. The molecule has 0 heterocycles. The van der Waals surface area contributed by atoms with E-state index in [9.17, 15) is 4.79 Å². The molecule has 0 saturated carbocycles. The van der Waals surface area contributed by atoms with Gasteiger partial charge in [-0.25, -0.2) is 0 Å². The number of carbonyl (C=O) groups is 1. The highest BCUT2D eigenvalue weighted by molar-refractivity contribution is 5.94. The van der Waals surface area contributed by atoms with Crippen LogP contribution in [-0.4, -0.2) is 58.3 Å². The summed E-state index contributed by atoms with van der Waals surface area (Å²) >= 11 is 0. The fourth-order valence-corrected chi connectivity index (χ4v) is 1.56. The Morgan fingerprint density at radius 3 is 2.75 bits per heavy atom. The summed E-state index contributed by atoms with van der Waals surface area (Å²) in [6.07, 6.45) is 0. The fourth-order valence-electron chi connectivity index (χ4n) is 1.56. The first-order valence-electron chi connectivity index (χ1n) is 6.31. The number of carbonyl (C=O) groups excluding carboxylic acids is 1. The molecule has 1 rings (SSSR count). The topological polar surface area (TPSA) is 50.8 Å². The number of benzene rings is 1. The van der Waals surface area contributed by atoms with Crippen molar-refractivity contribution in [1.29, 1.82) is 0 Å². The molecule has 114 valence electrons. The number of hydrogen-bond acceptors (Lipinski definition) is 4. The normalized spacial score (nSPS) is 9.75. The summed E-state index contributed by atoms with van der Waals surface area (Å²) in [5.74, 6) is 0.678. The second-order valence-corrected chi connectivity index (χ2v) is 4.20. The summed E-state index contributed by atoms with van der Waals surface area (Å²) < 4.78 is 10.4. The third-order valence-corrected chi connectivity index (χ3v) is 2.68. The van der Waals surface area contributed by atoms with Crippen molar-refractivity contribution >= 4 is 18.3 Å². The average Bonchev–Trinajstić information content (AvgIpc) is 2.44. The number of rotatable bonds is 8. The van der Waals surface area contributed by atoms with Crippen molar-refractivity contribution in [2.45, 2.75) is 0 Å². The molecule has 1 aromatic rings. The van der Waals surface area contributed by atoms with Gasteiger partial charge in [0.05, 0.1) is 6.61 Å². The first-order chi connectivity index (χ1) is 9.19. The van der Waals surface area contributed by atoms with E-state index in [1.807, 2.05) is 19.2 Å². The Labute approximate surface area is 126 Å². The lowest BCUT2D eigenvalue weighted by Gasteiger charge is -2.17. The molecule has 6 heteroatoms. The van der Waals surface area contributed by atoms with Crippen LogP contribution in [0.5, 0.6) is 5.75 Å². The summed E-state index contributed by atoms with van der Waals surface area (Å²) in [5, 5.41) is 3.02. The molecule has 1 N–H and O–H groups in total. The summed E-state index contributed by atoms with van der Waals surface area (Å²) in [4.78, 5) is 13.8. The molecule has 0 aromatic heterocycles. The van der Waals surface area contributed by atoms with Crippen LogP contribution in [0.2, 0.25) is 0 Å². The quantitative estimate of drug-likeness (QED) is 0.738. The van der Waals surface area contributed by atoms with Crippen LogP contribution in [0.15, 0.2) is 24.3 Å². The lowest BCUT2D eigenvalue weighted by atomic mass is 10.2. The predicted molar refractivity (Wildman–Crippen MR) is 81.9 cm³/mol. The van der Waals surface area contributed by atoms with Gasteiger partial charge in [0.2, 0.25) is 0 Å². The van der Waals surface area contributed by atoms with Crippen LogP contribution in [0.4, 0.5) is 0 Å². The molecule has 5 nitrogen and oxygen atoms in total. The van der Waals surface area contributed by atoms with E-state index in [-0.39, 0.29) is 18.3 Å². The Morgan fingerprint density at radius 2 is 2.10 bits per heavy atom. The Kier molecular flexibility index (Phi) is 9.80. The second-order valence-electron chi connectivity index (χ2n) is 4.20. The first-order valence-corrected chi connectivity index (χ1v) is 6.31. The highest BCUT2D eigenvalue weighted by atomic mass is 35.5. The molecule has 0 unspecified atom stereocenters. The lowest BCUT2D eigenvalue weighted by molar-refractivity contribution is 0.0796. The number of methoxy groups -OCH3 is 1. The van der Waals surface area contributed by atoms with Gasteiger partial charge in [0.25, 0.3) is 5.91 Å². The molecule has 0 aliphatic heterocycles. The molecule has 0 atom stereocenters. The maximum absolute atomic E-state index is 12.2. The molecule has 20 heavy (non-hydrogen) atoms. The average molecular weight is 303 g/mol. The molecule has 0 fully saturated rings. The molecule has 0 aliphatic carbocycles. The van der Waals surface area contributed by atoms with E-state index in [2.05, 4.69) is 5.32 Å². The van der Waals surface area contributed by atoms with Gasteiger partial charge in [0.15, 0.2) is 0 Å². The zero-order valence-corrected chi connectivity index (χ0v) is 13.0. The number of hydrogen-bond donors (Lipinski definition) is 1. The minimum atomic E-state index is -0.00700. The van der Waals surface area contributed by atoms with E-state index in [1.165, 1.54) is 0 Å². The van der Waals surface area contributed by atoms with Crippen LogP contribution in [0, 0.1) is 0 Å². The van der Waals surface area contributed by atoms with Crippen molar-refractivity contribution in [1.82, 2.24) is 10.2 Å². The summed E-state index contributed by atoms with van der Waals surface area (Å²) in [5.41, 5.74) is 0.633. The smallest absolute Gasteiger partial charge is 0.253 e. The molecule has 0 aliphatic rings. The Hall–Kier alpha value is -1.30. The lowest BCUT2D eigenvalue weighted by Crippen LogP contribution is -2.32. The maximum Gasteiger partial charge on any atom is 0.253 e. The second kappa shape index (κ2) is 10.5. The molecule has 0 radical (unpaired) electrons. The predicted octanol–water partition coefficient (Wildman–Crippen LogP) is 1.42. The number of ether oxygens (including phenoxy) is 2. The number of nitrogens with zero attached hydrogens (tertiary/aromatic N) is 1. The van der Waals surface area contributed by atoms with E-state index in [0.29, 0.717) is 31.1 Å². The van der Waals surface area contributed by atoms with Gasteiger partial charge in [-0.15, -0.1) is 12.4 Å². The van der Waals surface area contributed by atoms with E-state index in [4.69, 9.17) is 9.47 Å². The Balaban J connectivity index is 0.00000361. The fraction of sp³-hybridized carbons (Fsp3) is 0.500. The van der Waals surface area contributed by atoms with Crippen LogP contribution in [0.1, 0.15) is 10.4 Å². The van der Waals surface area contributed by atoms with E-state index in [1.54, 1.807) is 31.2 Å². The third-order valence-electron chi connectivity index (χ3n) is 2.68. The van der Waals surface area contributed by atoms with Gasteiger partial charge in [-0.3, -0.25) is 4.79 Å². The minimum absolute atomic E-state index is 0. The molecule has 0 bridgehead atoms. The van der Waals surface area contributed by atoms with Gasteiger partial charge in [0.1, 0.15) is 12.4 Å². The van der Waals surface area contributed by atoms with E-state index < -0.39 is 0 Å². The Morgan fingerprint density at radius 1 is 1.35 bits per heavy atom. The van der Waals surface area contributed by atoms with Gasteiger partial charge < -0.3 is 19.7 Å². The standard InChI is InChI=1S/C14H22N2O3.ClH/c1-15-7-8-16(2)14(17)12-5-4-6-13(11-12)19-10-9-18-3;/h4-6,11,15H,7-10H2,1-3H3;1H. The van der Waals surface area contributed by atoms with Gasteiger partial charge in [-0.1, -0.05) is 6.07 Å². The van der Waals surface area contributed by atoms with Crippen LogP contribution < -0.4 is 10.1 Å². The molecular weight excluding hydrogens is 280 g/mol. The Bertz CT molecular complexity index is 402. The van der Waals surface area contributed by atoms with E-state index >= 15 is 0 Å². The highest BCUT2D eigenvalue weighted by Crippen LogP contribution is 2.14. The zero-order valence-electron chi connectivity index (χ0n) is 12.2.